The van der Waals surface area contributed by atoms with Crippen molar-refractivity contribution < 1.29 is 9.59 Å². The lowest BCUT2D eigenvalue weighted by Gasteiger charge is -2.19. The van der Waals surface area contributed by atoms with Gasteiger partial charge in [-0.25, -0.2) is 0 Å². The highest BCUT2D eigenvalue weighted by Gasteiger charge is 2.58. The maximum atomic E-state index is 12.3. The third-order valence-electron chi connectivity index (χ3n) is 4.33. The number of hydrogen-bond acceptors (Lipinski definition) is 3. The van der Waals surface area contributed by atoms with Crippen LogP contribution in [0.3, 0.4) is 0 Å². The van der Waals surface area contributed by atoms with Crippen LogP contribution in [0.5, 0.6) is 0 Å². The van der Waals surface area contributed by atoms with E-state index >= 15 is 0 Å². The Labute approximate surface area is 101 Å². The first-order chi connectivity index (χ1) is 8.09. The largest absolute Gasteiger partial charge is 0.308 e. The van der Waals surface area contributed by atoms with Gasteiger partial charge in [0.25, 0.3) is 0 Å². The van der Waals surface area contributed by atoms with E-state index in [2.05, 4.69) is 12.2 Å². The zero-order chi connectivity index (χ0) is 12.2. The summed E-state index contributed by atoms with van der Waals surface area (Å²) in [4.78, 5) is 28.0. The summed E-state index contributed by atoms with van der Waals surface area (Å²) in [5.74, 6) is 0.702. The zero-order valence-corrected chi connectivity index (χ0v) is 10.3. The maximum Gasteiger partial charge on any atom is 0.233 e. The number of rotatable bonds is 3. The second-order valence-electron chi connectivity index (χ2n) is 5.63. The van der Waals surface area contributed by atoms with Gasteiger partial charge >= 0.3 is 0 Å². The minimum absolute atomic E-state index is 0.0420. The summed E-state index contributed by atoms with van der Waals surface area (Å²) in [5, 5.41) is 0. The minimum Gasteiger partial charge on any atom is -0.308 e. The van der Waals surface area contributed by atoms with Crippen molar-refractivity contribution in [3.8, 4) is 0 Å². The van der Waals surface area contributed by atoms with Crippen LogP contribution < -0.4 is 0 Å². The second kappa shape index (κ2) is 3.67. The quantitative estimate of drug-likeness (QED) is 0.523. The van der Waals surface area contributed by atoms with Gasteiger partial charge in [0, 0.05) is 13.1 Å². The lowest BCUT2D eigenvalue weighted by atomic mass is 9.85. The maximum absolute atomic E-state index is 12.3. The molecular formula is C13H18N2O2. The molecular weight excluding hydrogens is 216 g/mol. The van der Waals surface area contributed by atoms with Crippen molar-refractivity contribution in [2.45, 2.75) is 6.42 Å². The van der Waals surface area contributed by atoms with Crippen LogP contribution in [0.15, 0.2) is 12.2 Å². The summed E-state index contributed by atoms with van der Waals surface area (Å²) in [5.41, 5.74) is 0. The van der Waals surface area contributed by atoms with Crippen molar-refractivity contribution in [2.75, 3.05) is 27.2 Å². The molecule has 3 rings (SSSR count). The van der Waals surface area contributed by atoms with Gasteiger partial charge in [0.15, 0.2) is 0 Å². The first kappa shape index (κ1) is 11.0. The van der Waals surface area contributed by atoms with Crippen LogP contribution in [-0.2, 0) is 9.59 Å². The molecule has 0 N–H and O–H groups in total. The van der Waals surface area contributed by atoms with E-state index in [0.29, 0.717) is 18.4 Å². The standard InChI is InChI=1S/C13H18N2O2/c1-14(2)5-6-15-12(16)10-8-3-4-9(7-8)11(10)13(15)17/h3-4,8-11H,5-7H2,1-2H3/t8-,9+,10?,11?. The average Bonchev–Trinajstić information content (AvgIpc) is 2.92. The summed E-state index contributed by atoms with van der Waals surface area (Å²) in [6.45, 7) is 1.29. The SMILES string of the molecule is CN(C)CCN1C(=O)C2C(C1=O)[C@H]1C=C[C@@H]2C1. The minimum atomic E-state index is -0.0420. The average molecular weight is 234 g/mol. The summed E-state index contributed by atoms with van der Waals surface area (Å²) < 4.78 is 0. The molecule has 17 heavy (non-hydrogen) atoms. The van der Waals surface area contributed by atoms with E-state index < -0.39 is 0 Å². The second-order valence-corrected chi connectivity index (χ2v) is 5.63. The Kier molecular flexibility index (Phi) is 2.36. The molecule has 2 amide bonds. The Bertz CT molecular complexity index is 372. The van der Waals surface area contributed by atoms with Gasteiger partial charge in [0.2, 0.25) is 11.8 Å². The van der Waals surface area contributed by atoms with Gasteiger partial charge in [-0.15, -0.1) is 0 Å². The van der Waals surface area contributed by atoms with Crippen LogP contribution in [0, 0.1) is 23.7 Å². The molecule has 4 nitrogen and oxygen atoms in total. The Morgan fingerprint density at radius 2 is 1.71 bits per heavy atom. The van der Waals surface area contributed by atoms with Gasteiger partial charge in [0.05, 0.1) is 11.8 Å². The molecule has 1 aliphatic heterocycles. The molecule has 0 aromatic carbocycles. The smallest absolute Gasteiger partial charge is 0.233 e. The molecule has 2 unspecified atom stereocenters. The number of imide groups is 1. The highest BCUT2D eigenvalue weighted by atomic mass is 16.2. The van der Waals surface area contributed by atoms with E-state index in [-0.39, 0.29) is 23.7 Å². The molecule has 1 saturated heterocycles. The number of nitrogens with zero attached hydrogens (tertiary/aromatic N) is 2. The predicted octanol–water partition coefficient (Wildman–Crippen LogP) is 0.355. The predicted molar refractivity (Wildman–Crippen MR) is 63.0 cm³/mol. The number of carbonyl (C=O) groups is 2. The Morgan fingerprint density at radius 3 is 2.18 bits per heavy atom. The molecule has 2 fully saturated rings. The highest BCUT2D eigenvalue weighted by Crippen LogP contribution is 2.52. The van der Waals surface area contributed by atoms with Crippen molar-refractivity contribution in [3.63, 3.8) is 0 Å². The first-order valence-electron chi connectivity index (χ1n) is 6.28. The summed E-state index contributed by atoms with van der Waals surface area (Å²) in [7, 11) is 3.91. The van der Waals surface area contributed by atoms with E-state index in [1.807, 2.05) is 19.0 Å². The van der Waals surface area contributed by atoms with Crippen LogP contribution in [-0.4, -0.2) is 48.8 Å². The van der Waals surface area contributed by atoms with Crippen molar-refractivity contribution >= 4 is 11.8 Å². The van der Waals surface area contributed by atoms with Gasteiger partial charge in [-0.05, 0) is 32.4 Å². The topological polar surface area (TPSA) is 40.6 Å². The van der Waals surface area contributed by atoms with E-state index in [1.54, 1.807) is 0 Å². The molecule has 4 heteroatoms. The lowest BCUT2D eigenvalue weighted by molar-refractivity contribution is -0.140. The van der Waals surface area contributed by atoms with Gasteiger partial charge in [0.1, 0.15) is 0 Å². The fourth-order valence-electron chi connectivity index (χ4n) is 3.48. The number of likely N-dealkylation sites (N-methyl/N-ethyl adjacent to an activating group) is 1. The van der Waals surface area contributed by atoms with Gasteiger partial charge < -0.3 is 4.90 Å². The lowest BCUT2D eigenvalue weighted by Crippen LogP contribution is -2.38. The van der Waals surface area contributed by atoms with Crippen molar-refractivity contribution in [1.29, 1.82) is 0 Å². The van der Waals surface area contributed by atoms with Crippen molar-refractivity contribution in [1.82, 2.24) is 9.80 Å². The Hall–Kier alpha value is -1.16. The Morgan fingerprint density at radius 1 is 1.18 bits per heavy atom. The van der Waals surface area contributed by atoms with Crippen LogP contribution >= 0.6 is 0 Å². The molecule has 2 bridgehead atoms. The summed E-state index contributed by atoms with van der Waals surface area (Å²) >= 11 is 0. The first-order valence-corrected chi connectivity index (χ1v) is 6.28. The van der Waals surface area contributed by atoms with Gasteiger partial charge in [-0.1, -0.05) is 12.2 Å². The van der Waals surface area contributed by atoms with Gasteiger partial charge in [-0.3, -0.25) is 14.5 Å². The van der Waals surface area contributed by atoms with E-state index in [4.69, 9.17) is 0 Å². The molecule has 0 aromatic rings. The molecule has 0 spiro atoms. The van der Waals surface area contributed by atoms with Gasteiger partial charge in [-0.2, -0.15) is 0 Å². The fourth-order valence-corrected chi connectivity index (χ4v) is 3.48. The van der Waals surface area contributed by atoms with Crippen LogP contribution in [0.4, 0.5) is 0 Å². The molecule has 92 valence electrons. The molecule has 4 atom stereocenters. The molecule has 0 radical (unpaired) electrons. The Balaban J connectivity index is 1.78. The third-order valence-corrected chi connectivity index (χ3v) is 4.33. The molecule has 2 aliphatic carbocycles. The highest BCUT2D eigenvalue weighted by molar-refractivity contribution is 6.06. The molecule has 3 aliphatic rings. The van der Waals surface area contributed by atoms with Crippen LogP contribution in [0.2, 0.25) is 0 Å². The van der Waals surface area contributed by atoms with E-state index in [1.165, 1.54) is 4.90 Å². The summed E-state index contributed by atoms with van der Waals surface area (Å²) in [6.07, 6.45) is 5.27. The van der Waals surface area contributed by atoms with E-state index in [0.717, 1.165) is 13.0 Å². The number of fused-ring (bicyclic) bond motifs is 5. The number of allylic oxidation sites excluding steroid dienone is 2. The summed E-state index contributed by atoms with van der Waals surface area (Å²) in [6, 6.07) is 0. The van der Waals surface area contributed by atoms with Crippen molar-refractivity contribution in [2.24, 2.45) is 23.7 Å². The fraction of sp³-hybridized carbons (Fsp3) is 0.692. The van der Waals surface area contributed by atoms with Crippen LogP contribution in [0.25, 0.3) is 0 Å². The van der Waals surface area contributed by atoms with Crippen LogP contribution in [0.1, 0.15) is 6.42 Å². The number of hydrogen-bond donors (Lipinski definition) is 0. The van der Waals surface area contributed by atoms with E-state index in [9.17, 15) is 9.59 Å². The zero-order valence-electron chi connectivity index (χ0n) is 10.3. The van der Waals surface area contributed by atoms with Crippen molar-refractivity contribution in [3.05, 3.63) is 12.2 Å². The number of carbonyl (C=O) groups excluding carboxylic acids is 2. The third kappa shape index (κ3) is 1.47. The monoisotopic (exact) mass is 234 g/mol. The normalized spacial score (nSPS) is 38.6. The number of amides is 2. The molecule has 1 heterocycles. The molecule has 0 aromatic heterocycles. The molecule has 1 saturated carbocycles. The number of likely N-dealkylation sites (tertiary alicyclic amines) is 1.